The molecule has 0 spiro atoms. The normalized spacial score (nSPS) is 10.9. The maximum atomic E-state index is 12.0. The molecule has 3 rings (SSSR count). The highest BCUT2D eigenvalue weighted by Crippen LogP contribution is 2.25. The summed E-state index contributed by atoms with van der Waals surface area (Å²) in [4.78, 5) is 12.0. The number of benzene rings is 1. The van der Waals surface area contributed by atoms with Gasteiger partial charge in [0.05, 0.1) is 15.8 Å². The summed E-state index contributed by atoms with van der Waals surface area (Å²) in [6.07, 6.45) is 1.67. The Balaban J connectivity index is 1.68. The third kappa shape index (κ3) is 3.77. The van der Waals surface area contributed by atoms with Crippen molar-refractivity contribution in [2.24, 2.45) is 0 Å². The molecule has 0 radical (unpaired) electrons. The minimum absolute atomic E-state index is 0.122. The second-order valence-corrected chi connectivity index (χ2v) is 6.67. The van der Waals surface area contributed by atoms with Crippen LogP contribution in [0, 0.1) is 6.92 Å². The molecule has 1 amide bonds. The molecular weight excluding hydrogens is 355 g/mol. The predicted molar refractivity (Wildman–Crippen MR) is 93.5 cm³/mol. The molecule has 0 bridgehead atoms. The molecule has 0 atom stereocenters. The van der Waals surface area contributed by atoms with Crippen LogP contribution >= 0.6 is 35.0 Å². The van der Waals surface area contributed by atoms with E-state index in [2.05, 4.69) is 15.5 Å². The summed E-state index contributed by atoms with van der Waals surface area (Å²) >= 11 is 13.3. The van der Waals surface area contributed by atoms with E-state index in [-0.39, 0.29) is 11.7 Å². The number of aromatic nitrogens is 3. The molecule has 2 aromatic heterocycles. The van der Waals surface area contributed by atoms with Gasteiger partial charge in [0.25, 0.3) is 0 Å². The molecular formula is C15H12Cl2N4OS. The minimum atomic E-state index is -0.122. The molecule has 0 aliphatic rings. The Hall–Kier alpha value is -1.76. The Bertz CT molecular complexity index is 864. The number of fused-ring (bicyclic) bond motifs is 1. The standard InChI is InChI=1S/C15H12Cl2N4OS/c1-9-2-4-11(5-3-9)18-13(22)8-23-15-20-19-14-12(17)6-10(16)7-21(14)15/h2-7H,8H2,1H3,(H,18,22). The molecule has 2 heterocycles. The van der Waals surface area contributed by atoms with Crippen LogP contribution < -0.4 is 5.32 Å². The zero-order chi connectivity index (χ0) is 16.4. The van der Waals surface area contributed by atoms with Crippen molar-refractivity contribution in [1.82, 2.24) is 14.6 Å². The van der Waals surface area contributed by atoms with Crippen molar-refractivity contribution in [3.63, 3.8) is 0 Å². The maximum Gasteiger partial charge on any atom is 0.234 e. The number of carbonyl (C=O) groups is 1. The summed E-state index contributed by atoms with van der Waals surface area (Å²) in [6, 6.07) is 9.22. The van der Waals surface area contributed by atoms with E-state index in [1.165, 1.54) is 11.8 Å². The number of hydrogen-bond acceptors (Lipinski definition) is 4. The van der Waals surface area contributed by atoms with Crippen LogP contribution in [0.2, 0.25) is 10.0 Å². The number of thioether (sulfide) groups is 1. The molecule has 23 heavy (non-hydrogen) atoms. The number of rotatable bonds is 4. The number of nitrogens with zero attached hydrogens (tertiary/aromatic N) is 3. The quantitative estimate of drug-likeness (QED) is 0.706. The summed E-state index contributed by atoms with van der Waals surface area (Å²) in [5.74, 6) is 0.0856. The van der Waals surface area contributed by atoms with Crippen molar-refractivity contribution in [3.05, 3.63) is 52.1 Å². The number of aryl methyl sites for hydroxylation is 1. The van der Waals surface area contributed by atoms with Gasteiger partial charge in [-0.2, -0.15) is 0 Å². The van der Waals surface area contributed by atoms with Crippen LogP contribution in [0.1, 0.15) is 5.56 Å². The largest absolute Gasteiger partial charge is 0.325 e. The van der Waals surface area contributed by atoms with Gasteiger partial charge in [-0.1, -0.05) is 52.7 Å². The fraction of sp³-hybridized carbons (Fsp3) is 0.133. The second-order valence-electron chi connectivity index (χ2n) is 4.89. The van der Waals surface area contributed by atoms with Crippen LogP contribution in [0.5, 0.6) is 0 Å². The van der Waals surface area contributed by atoms with Gasteiger partial charge in [-0.05, 0) is 25.1 Å². The summed E-state index contributed by atoms with van der Waals surface area (Å²) < 4.78 is 1.68. The summed E-state index contributed by atoms with van der Waals surface area (Å²) in [5.41, 5.74) is 2.41. The van der Waals surface area contributed by atoms with E-state index >= 15 is 0 Å². The molecule has 1 N–H and O–H groups in total. The number of pyridine rings is 1. The van der Waals surface area contributed by atoms with E-state index in [1.807, 2.05) is 31.2 Å². The lowest BCUT2D eigenvalue weighted by Crippen LogP contribution is -2.14. The van der Waals surface area contributed by atoms with E-state index in [0.29, 0.717) is 20.8 Å². The van der Waals surface area contributed by atoms with Gasteiger partial charge in [-0.25, -0.2) is 0 Å². The molecule has 0 fully saturated rings. The van der Waals surface area contributed by atoms with Gasteiger partial charge in [0.15, 0.2) is 10.8 Å². The number of hydrogen-bond donors (Lipinski definition) is 1. The Morgan fingerprint density at radius 3 is 2.74 bits per heavy atom. The van der Waals surface area contributed by atoms with Crippen LogP contribution in [0.4, 0.5) is 5.69 Å². The highest BCUT2D eigenvalue weighted by Gasteiger charge is 2.12. The highest BCUT2D eigenvalue weighted by molar-refractivity contribution is 7.99. The third-order valence-corrected chi connectivity index (χ3v) is 4.49. The molecule has 0 saturated carbocycles. The lowest BCUT2D eigenvalue weighted by atomic mass is 10.2. The van der Waals surface area contributed by atoms with Gasteiger partial charge in [0.2, 0.25) is 5.91 Å². The molecule has 0 unspecified atom stereocenters. The maximum absolute atomic E-state index is 12.0. The second kappa shape index (κ2) is 6.78. The highest BCUT2D eigenvalue weighted by atomic mass is 35.5. The van der Waals surface area contributed by atoms with Crippen molar-refractivity contribution in [3.8, 4) is 0 Å². The first-order chi connectivity index (χ1) is 11.0. The Morgan fingerprint density at radius 1 is 1.26 bits per heavy atom. The van der Waals surface area contributed by atoms with Gasteiger partial charge in [-0.3, -0.25) is 9.20 Å². The zero-order valence-corrected chi connectivity index (χ0v) is 14.4. The number of anilines is 1. The molecule has 0 aliphatic carbocycles. The van der Waals surface area contributed by atoms with E-state index < -0.39 is 0 Å². The van der Waals surface area contributed by atoms with Crippen LogP contribution in [0.3, 0.4) is 0 Å². The van der Waals surface area contributed by atoms with Gasteiger partial charge in [0.1, 0.15) is 0 Å². The average Bonchev–Trinajstić information content (AvgIpc) is 2.91. The topological polar surface area (TPSA) is 59.3 Å². The molecule has 0 saturated heterocycles. The molecule has 0 aliphatic heterocycles. The fourth-order valence-corrected chi connectivity index (χ4v) is 3.18. The van der Waals surface area contributed by atoms with Crippen molar-refractivity contribution in [2.75, 3.05) is 11.1 Å². The monoisotopic (exact) mass is 366 g/mol. The molecule has 118 valence electrons. The Kier molecular flexibility index (Phi) is 4.75. The van der Waals surface area contributed by atoms with E-state index in [4.69, 9.17) is 23.2 Å². The first-order valence-corrected chi connectivity index (χ1v) is 8.46. The number of nitrogens with one attached hydrogen (secondary N) is 1. The minimum Gasteiger partial charge on any atom is -0.325 e. The number of carbonyl (C=O) groups excluding carboxylic acids is 1. The fourth-order valence-electron chi connectivity index (χ4n) is 1.96. The summed E-state index contributed by atoms with van der Waals surface area (Å²) in [6.45, 7) is 1.99. The van der Waals surface area contributed by atoms with Crippen LogP contribution in [0.25, 0.3) is 5.65 Å². The molecule has 5 nitrogen and oxygen atoms in total. The molecule has 1 aromatic carbocycles. The van der Waals surface area contributed by atoms with Crippen molar-refractivity contribution in [1.29, 1.82) is 0 Å². The molecule has 3 aromatic rings. The zero-order valence-electron chi connectivity index (χ0n) is 12.1. The van der Waals surface area contributed by atoms with Crippen LogP contribution in [-0.2, 0) is 4.79 Å². The van der Waals surface area contributed by atoms with Crippen molar-refractivity contribution < 1.29 is 4.79 Å². The number of halogens is 2. The smallest absolute Gasteiger partial charge is 0.234 e. The van der Waals surface area contributed by atoms with Crippen molar-refractivity contribution in [2.45, 2.75) is 12.1 Å². The third-order valence-electron chi connectivity index (χ3n) is 3.06. The Morgan fingerprint density at radius 2 is 2.00 bits per heavy atom. The summed E-state index contributed by atoms with van der Waals surface area (Å²) in [7, 11) is 0. The van der Waals surface area contributed by atoms with Crippen LogP contribution in [-0.4, -0.2) is 26.3 Å². The van der Waals surface area contributed by atoms with E-state index in [1.54, 1.807) is 16.7 Å². The van der Waals surface area contributed by atoms with Crippen molar-refractivity contribution >= 4 is 52.2 Å². The van der Waals surface area contributed by atoms with Crippen LogP contribution in [0.15, 0.2) is 41.7 Å². The predicted octanol–water partition coefficient (Wildman–Crippen LogP) is 4.08. The first-order valence-electron chi connectivity index (χ1n) is 6.72. The SMILES string of the molecule is Cc1ccc(NC(=O)CSc2nnc3c(Cl)cc(Cl)cn23)cc1. The van der Waals surface area contributed by atoms with Gasteiger partial charge < -0.3 is 5.32 Å². The van der Waals surface area contributed by atoms with Gasteiger partial charge in [-0.15, -0.1) is 10.2 Å². The first kappa shape index (κ1) is 16.1. The number of amides is 1. The lowest BCUT2D eigenvalue weighted by Gasteiger charge is -2.05. The van der Waals surface area contributed by atoms with E-state index in [9.17, 15) is 4.79 Å². The summed E-state index contributed by atoms with van der Waals surface area (Å²) in [5, 5.41) is 12.3. The van der Waals surface area contributed by atoms with Gasteiger partial charge >= 0.3 is 0 Å². The lowest BCUT2D eigenvalue weighted by molar-refractivity contribution is -0.113. The molecule has 8 heteroatoms. The van der Waals surface area contributed by atoms with E-state index in [0.717, 1.165) is 11.3 Å². The average molecular weight is 367 g/mol. The Labute approximate surface area is 147 Å². The van der Waals surface area contributed by atoms with Gasteiger partial charge in [0, 0.05) is 11.9 Å².